The molecule has 0 saturated heterocycles. The summed E-state index contributed by atoms with van der Waals surface area (Å²) >= 11 is 6.47. The van der Waals surface area contributed by atoms with Crippen molar-refractivity contribution >= 4 is 24.4 Å². The average Bonchev–Trinajstić information content (AvgIpc) is 2.25. The summed E-state index contributed by atoms with van der Waals surface area (Å²) < 4.78 is 0. The molecule has 0 rings (SSSR count). The maximum atomic E-state index is 4.63. The van der Waals surface area contributed by atoms with Crippen LogP contribution in [0.5, 0.6) is 0 Å². The first-order chi connectivity index (χ1) is 6.62. The highest BCUT2D eigenvalue weighted by molar-refractivity contribution is 8.02. The smallest absolute Gasteiger partial charge is 0.0307 e. The van der Waals surface area contributed by atoms with Crippen molar-refractivity contribution < 1.29 is 0 Å². The summed E-state index contributed by atoms with van der Waals surface area (Å²) in [5.74, 6) is 0. The van der Waals surface area contributed by atoms with Crippen molar-refractivity contribution in [2.24, 2.45) is 5.41 Å². The molecule has 0 radical (unpaired) electrons. The number of thiol groups is 1. The normalized spacial score (nSPS) is 14.7. The number of allylic oxidation sites excluding steroid dienone is 4. The highest BCUT2D eigenvalue weighted by Crippen LogP contribution is 2.47. The van der Waals surface area contributed by atoms with Gasteiger partial charge < -0.3 is 0 Å². The molecule has 14 heavy (non-hydrogen) atoms. The third-order valence-electron chi connectivity index (χ3n) is 2.92. The van der Waals surface area contributed by atoms with E-state index in [2.05, 4.69) is 58.7 Å². The fourth-order valence-electron chi connectivity index (χ4n) is 1.95. The van der Waals surface area contributed by atoms with Gasteiger partial charge in [-0.05, 0) is 42.8 Å². The van der Waals surface area contributed by atoms with Crippen LogP contribution >= 0.6 is 24.4 Å². The van der Waals surface area contributed by atoms with Crippen molar-refractivity contribution in [3.63, 3.8) is 0 Å². The van der Waals surface area contributed by atoms with E-state index in [4.69, 9.17) is 0 Å². The zero-order valence-corrected chi connectivity index (χ0v) is 11.6. The zero-order chi connectivity index (χ0) is 11.2. The van der Waals surface area contributed by atoms with E-state index in [1.807, 2.05) is 11.8 Å². The molecule has 0 aliphatic heterocycles. The number of hydrogen-bond acceptors (Lipinski definition) is 2. The molecule has 0 aliphatic carbocycles. The molecule has 0 unspecified atom stereocenters. The van der Waals surface area contributed by atoms with Crippen LogP contribution in [-0.2, 0) is 0 Å². The van der Waals surface area contributed by atoms with E-state index in [1.165, 1.54) is 9.81 Å². The van der Waals surface area contributed by atoms with Crippen LogP contribution in [0.2, 0.25) is 0 Å². The van der Waals surface area contributed by atoms with Crippen LogP contribution in [0.3, 0.4) is 0 Å². The van der Waals surface area contributed by atoms with Gasteiger partial charge in [0.25, 0.3) is 0 Å². The molecule has 0 saturated carbocycles. The molecule has 0 fully saturated rings. The lowest BCUT2D eigenvalue weighted by Crippen LogP contribution is -2.20. The van der Waals surface area contributed by atoms with Gasteiger partial charge in [-0.25, -0.2) is 0 Å². The molecule has 0 spiro atoms. The minimum atomic E-state index is 0.159. The Labute approximate surface area is 98.7 Å². The van der Waals surface area contributed by atoms with Gasteiger partial charge in [0.15, 0.2) is 0 Å². The zero-order valence-electron chi connectivity index (χ0n) is 9.92. The topological polar surface area (TPSA) is 0 Å². The number of hydrogen-bond donors (Lipinski definition) is 1. The minimum Gasteiger partial charge on any atom is -0.147 e. The van der Waals surface area contributed by atoms with Gasteiger partial charge in [0.05, 0.1) is 0 Å². The first-order valence-corrected chi connectivity index (χ1v) is 6.86. The van der Waals surface area contributed by atoms with Gasteiger partial charge in [0.2, 0.25) is 0 Å². The maximum absolute atomic E-state index is 4.63. The molecule has 0 N–H and O–H groups in total. The molecule has 0 nitrogen and oxygen atoms in total. The number of rotatable bonds is 5. The predicted octanol–water partition coefficient (Wildman–Crippen LogP) is 4.89. The lowest BCUT2D eigenvalue weighted by molar-refractivity contribution is 0.439. The van der Waals surface area contributed by atoms with Crippen LogP contribution < -0.4 is 0 Å². The molecule has 0 aliphatic rings. The van der Waals surface area contributed by atoms with Crippen molar-refractivity contribution in [3.8, 4) is 0 Å². The molecule has 0 atom stereocenters. The first kappa shape index (κ1) is 14.2. The SMILES string of the molecule is C/C=C(\SC)C(CC)(CC)/C(S)=C\C. The van der Waals surface area contributed by atoms with Crippen LogP contribution in [-0.4, -0.2) is 6.26 Å². The minimum absolute atomic E-state index is 0.159. The maximum Gasteiger partial charge on any atom is 0.0307 e. The van der Waals surface area contributed by atoms with E-state index in [-0.39, 0.29) is 5.41 Å². The van der Waals surface area contributed by atoms with E-state index in [1.54, 1.807) is 0 Å². The Hall–Kier alpha value is 0.180. The standard InChI is InChI=1S/C12H22S2/c1-6-10(13)12(8-3,9-4)11(7-2)14-5/h6-7,13H,8-9H2,1-5H3/b10-6+,11-7-. The lowest BCUT2D eigenvalue weighted by Gasteiger charge is -2.34. The highest BCUT2D eigenvalue weighted by atomic mass is 32.2. The summed E-state index contributed by atoms with van der Waals surface area (Å²) in [6.45, 7) is 8.66. The van der Waals surface area contributed by atoms with Crippen LogP contribution in [0.4, 0.5) is 0 Å². The van der Waals surface area contributed by atoms with Crippen LogP contribution in [0.25, 0.3) is 0 Å². The first-order valence-electron chi connectivity index (χ1n) is 5.19. The van der Waals surface area contributed by atoms with Gasteiger partial charge in [-0.2, -0.15) is 0 Å². The van der Waals surface area contributed by atoms with E-state index in [0.717, 1.165) is 12.8 Å². The molecular weight excluding hydrogens is 208 g/mol. The summed E-state index contributed by atoms with van der Waals surface area (Å²) in [5, 5.41) is 0. The Bertz CT molecular complexity index is 222. The Balaban J connectivity index is 5.27. The van der Waals surface area contributed by atoms with E-state index >= 15 is 0 Å². The second-order valence-corrected chi connectivity index (χ2v) is 4.65. The monoisotopic (exact) mass is 230 g/mol. The summed E-state index contributed by atoms with van der Waals surface area (Å²) in [7, 11) is 0. The van der Waals surface area contributed by atoms with Crippen molar-refractivity contribution in [3.05, 3.63) is 22.0 Å². The quantitative estimate of drug-likeness (QED) is 0.656. The Morgan fingerprint density at radius 1 is 1.21 bits per heavy atom. The van der Waals surface area contributed by atoms with Crippen LogP contribution in [0, 0.1) is 5.41 Å². The van der Waals surface area contributed by atoms with E-state index in [9.17, 15) is 0 Å². The molecule has 0 bridgehead atoms. The van der Waals surface area contributed by atoms with E-state index < -0.39 is 0 Å². The van der Waals surface area contributed by atoms with Gasteiger partial charge >= 0.3 is 0 Å². The number of thioether (sulfide) groups is 1. The van der Waals surface area contributed by atoms with Crippen LogP contribution in [0.1, 0.15) is 40.5 Å². The summed E-state index contributed by atoms with van der Waals surface area (Å²) in [4.78, 5) is 2.63. The molecule has 0 aromatic carbocycles. The molecule has 82 valence electrons. The fraction of sp³-hybridized carbons (Fsp3) is 0.667. The molecule has 0 aromatic rings. The fourth-order valence-corrected chi connectivity index (χ4v) is 3.49. The lowest BCUT2D eigenvalue weighted by atomic mass is 9.81. The highest BCUT2D eigenvalue weighted by Gasteiger charge is 2.32. The predicted molar refractivity (Wildman–Crippen MR) is 73.0 cm³/mol. The Kier molecular flexibility index (Phi) is 6.71. The van der Waals surface area contributed by atoms with Crippen LogP contribution in [0.15, 0.2) is 22.0 Å². The van der Waals surface area contributed by atoms with Crippen molar-refractivity contribution in [1.29, 1.82) is 0 Å². The Morgan fingerprint density at radius 2 is 1.71 bits per heavy atom. The van der Waals surface area contributed by atoms with Gasteiger partial charge in [-0.1, -0.05) is 26.0 Å². The van der Waals surface area contributed by atoms with Crippen molar-refractivity contribution in [1.82, 2.24) is 0 Å². The summed E-state index contributed by atoms with van der Waals surface area (Å²) in [6.07, 6.45) is 8.72. The van der Waals surface area contributed by atoms with Gasteiger partial charge in [0.1, 0.15) is 0 Å². The molecule has 0 heterocycles. The second kappa shape index (κ2) is 6.62. The average molecular weight is 230 g/mol. The Morgan fingerprint density at radius 3 is 1.93 bits per heavy atom. The molecular formula is C12H22S2. The van der Waals surface area contributed by atoms with Crippen molar-refractivity contribution in [2.75, 3.05) is 6.26 Å². The summed E-state index contributed by atoms with van der Waals surface area (Å²) in [6, 6.07) is 0. The molecule has 0 amide bonds. The summed E-state index contributed by atoms with van der Waals surface area (Å²) in [5.41, 5.74) is 0.159. The molecule has 0 aromatic heterocycles. The molecule has 2 heteroatoms. The third-order valence-corrected chi connectivity index (χ3v) is 4.68. The van der Waals surface area contributed by atoms with Gasteiger partial charge in [0, 0.05) is 5.41 Å². The van der Waals surface area contributed by atoms with Crippen molar-refractivity contribution in [2.45, 2.75) is 40.5 Å². The van der Waals surface area contributed by atoms with Gasteiger partial charge in [-0.15, -0.1) is 24.4 Å². The second-order valence-electron chi connectivity index (χ2n) is 3.32. The third kappa shape index (κ3) is 2.60. The largest absolute Gasteiger partial charge is 0.147 e. The van der Waals surface area contributed by atoms with Gasteiger partial charge in [-0.3, -0.25) is 0 Å². The van der Waals surface area contributed by atoms with E-state index in [0.29, 0.717) is 0 Å².